The number of thiazole rings is 1. The molecule has 5 rings (SSSR count). The van der Waals surface area contributed by atoms with Crippen LogP contribution in [0, 0.1) is 0 Å². The van der Waals surface area contributed by atoms with E-state index < -0.39 is 0 Å². The van der Waals surface area contributed by atoms with Gasteiger partial charge in [-0.15, -0.1) is 11.3 Å². The van der Waals surface area contributed by atoms with Crippen LogP contribution >= 0.6 is 22.9 Å². The zero-order chi connectivity index (χ0) is 22.2. The van der Waals surface area contributed by atoms with Crippen LogP contribution in [-0.2, 0) is 24.2 Å². The van der Waals surface area contributed by atoms with E-state index in [0.717, 1.165) is 39.6 Å². The van der Waals surface area contributed by atoms with E-state index in [-0.39, 0.29) is 5.91 Å². The quantitative estimate of drug-likeness (QED) is 0.420. The fourth-order valence-corrected chi connectivity index (χ4v) is 5.08. The minimum atomic E-state index is 0.104. The largest absolute Gasteiger partial charge is 0.493 e. The van der Waals surface area contributed by atoms with Gasteiger partial charge in [0.25, 0.3) is 0 Å². The summed E-state index contributed by atoms with van der Waals surface area (Å²) in [6, 6.07) is 11.6. The third-order valence-electron chi connectivity index (χ3n) is 5.83. The fraction of sp³-hybridized carbons (Fsp3) is 0.250. The van der Waals surface area contributed by atoms with Crippen molar-refractivity contribution in [2.75, 3.05) is 20.8 Å². The lowest BCUT2D eigenvalue weighted by Gasteiger charge is -2.29. The SMILES string of the molecule is COc1cc2c(cc1OC)CN(C(=O)Cc1csc3nc(-c4ccc(Cl)cc4)cn13)CC2. The summed E-state index contributed by atoms with van der Waals surface area (Å²) >= 11 is 7.54. The third kappa shape index (κ3) is 3.82. The first-order valence-corrected chi connectivity index (χ1v) is 11.5. The Bertz CT molecular complexity index is 1300. The van der Waals surface area contributed by atoms with Crippen molar-refractivity contribution in [2.24, 2.45) is 0 Å². The standard InChI is InChI=1S/C24H22ClN3O3S/c1-30-21-9-16-7-8-27(12-17(16)10-22(21)31-2)23(29)11-19-14-32-24-26-20(13-28(19)24)15-3-5-18(25)6-4-15/h3-6,9-10,13-14H,7-8,11-12H2,1-2H3. The number of nitrogens with zero attached hydrogens (tertiary/aromatic N) is 3. The van der Waals surface area contributed by atoms with Crippen LogP contribution in [-0.4, -0.2) is 41.0 Å². The van der Waals surface area contributed by atoms with Gasteiger partial charge < -0.3 is 14.4 Å². The predicted octanol–water partition coefficient (Wildman–Crippen LogP) is 4.86. The van der Waals surface area contributed by atoms with Crippen LogP contribution in [0.3, 0.4) is 0 Å². The molecule has 4 aromatic rings. The molecule has 2 aromatic heterocycles. The van der Waals surface area contributed by atoms with Gasteiger partial charge in [0.05, 0.1) is 26.3 Å². The topological polar surface area (TPSA) is 56.1 Å². The number of aromatic nitrogens is 2. The second-order valence-corrected chi connectivity index (χ2v) is 9.00. The number of carbonyl (C=O) groups excluding carboxylic acids is 1. The maximum atomic E-state index is 13.1. The maximum Gasteiger partial charge on any atom is 0.228 e. The highest BCUT2D eigenvalue weighted by molar-refractivity contribution is 7.15. The molecule has 0 N–H and O–H groups in total. The first-order valence-electron chi connectivity index (χ1n) is 10.3. The molecule has 0 atom stereocenters. The Morgan fingerprint density at radius 2 is 1.84 bits per heavy atom. The summed E-state index contributed by atoms with van der Waals surface area (Å²) in [7, 11) is 3.26. The summed E-state index contributed by atoms with van der Waals surface area (Å²) in [6.45, 7) is 1.26. The van der Waals surface area contributed by atoms with Gasteiger partial charge in [0, 0.05) is 40.9 Å². The summed E-state index contributed by atoms with van der Waals surface area (Å²) in [6.07, 6.45) is 3.12. The number of halogens is 1. The van der Waals surface area contributed by atoms with Crippen molar-refractivity contribution >= 4 is 33.8 Å². The van der Waals surface area contributed by atoms with Crippen molar-refractivity contribution in [3.63, 3.8) is 0 Å². The summed E-state index contributed by atoms with van der Waals surface area (Å²) in [5.41, 5.74) is 5.12. The molecule has 0 bridgehead atoms. The average molecular weight is 468 g/mol. The van der Waals surface area contributed by atoms with E-state index in [9.17, 15) is 4.79 Å². The molecule has 1 amide bonds. The molecule has 0 spiro atoms. The van der Waals surface area contributed by atoms with E-state index >= 15 is 0 Å². The monoisotopic (exact) mass is 467 g/mol. The number of ether oxygens (including phenoxy) is 2. The summed E-state index contributed by atoms with van der Waals surface area (Å²) in [4.78, 5) is 20.6. The molecule has 1 aliphatic rings. The lowest BCUT2D eigenvalue weighted by Crippen LogP contribution is -2.37. The number of carbonyl (C=O) groups is 1. The number of hydrogen-bond donors (Lipinski definition) is 0. The molecule has 2 aromatic carbocycles. The zero-order valence-corrected chi connectivity index (χ0v) is 19.4. The number of imidazole rings is 1. The lowest BCUT2D eigenvalue weighted by atomic mass is 9.98. The highest BCUT2D eigenvalue weighted by Crippen LogP contribution is 2.33. The van der Waals surface area contributed by atoms with Crippen LogP contribution in [0.15, 0.2) is 48.0 Å². The predicted molar refractivity (Wildman–Crippen MR) is 126 cm³/mol. The smallest absolute Gasteiger partial charge is 0.228 e. The van der Waals surface area contributed by atoms with Crippen LogP contribution in [0.1, 0.15) is 16.8 Å². The van der Waals surface area contributed by atoms with Crippen LogP contribution in [0.5, 0.6) is 11.5 Å². The molecule has 164 valence electrons. The van der Waals surface area contributed by atoms with E-state index in [1.807, 2.05) is 57.3 Å². The fourth-order valence-electron chi connectivity index (χ4n) is 4.08. The van der Waals surface area contributed by atoms with Gasteiger partial charge in [0.15, 0.2) is 16.5 Å². The normalized spacial score (nSPS) is 13.3. The average Bonchev–Trinajstić information content (AvgIpc) is 3.40. The van der Waals surface area contributed by atoms with Crippen molar-refractivity contribution in [3.05, 3.63) is 69.8 Å². The minimum absolute atomic E-state index is 0.104. The molecule has 0 radical (unpaired) electrons. The summed E-state index contributed by atoms with van der Waals surface area (Å²) in [5.74, 6) is 1.52. The molecule has 0 saturated heterocycles. The number of rotatable bonds is 5. The summed E-state index contributed by atoms with van der Waals surface area (Å²) in [5, 5.41) is 2.71. The van der Waals surface area contributed by atoms with Crippen molar-refractivity contribution in [2.45, 2.75) is 19.4 Å². The van der Waals surface area contributed by atoms with Crippen LogP contribution in [0.4, 0.5) is 0 Å². The first kappa shape index (κ1) is 20.8. The zero-order valence-electron chi connectivity index (χ0n) is 17.8. The Kier molecular flexibility index (Phi) is 5.53. The molecule has 32 heavy (non-hydrogen) atoms. The molecule has 8 heteroatoms. The van der Waals surface area contributed by atoms with E-state index in [1.165, 1.54) is 5.56 Å². The Balaban J connectivity index is 1.35. The third-order valence-corrected chi connectivity index (χ3v) is 6.97. The Hall–Kier alpha value is -3.03. The molecule has 0 saturated carbocycles. The van der Waals surface area contributed by atoms with Crippen molar-refractivity contribution in [3.8, 4) is 22.8 Å². The number of amides is 1. The highest BCUT2D eigenvalue weighted by Gasteiger charge is 2.24. The van der Waals surface area contributed by atoms with Gasteiger partial charge in [-0.05, 0) is 41.8 Å². The van der Waals surface area contributed by atoms with E-state index in [1.54, 1.807) is 25.6 Å². The van der Waals surface area contributed by atoms with E-state index in [4.69, 9.17) is 26.1 Å². The number of fused-ring (bicyclic) bond motifs is 2. The molecule has 6 nitrogen and oxygen atoms in total. The number of benzene rings is 2. The van der Waals surface area contributed by atoms with Crippen LogP contribution in [0.25, 0.3) is 16.2 Å². The molecule has 3 heterocycles. The second kappa shape index (κ2) is 8.48. The highest BCUT2D eigenvalue weighted by atomic mass is 35.5. The molecule has 0 fully saturated rings. The maximum absolute atomic E-state index is 13.1. The van der Waals surface area contributed by atoms with Gasteiger partial charge in [-0.3, -0.25) is 9.20 Å². The van der Waals surface area contributed by atoms with Gasteiger partial charge in [-0.25, -0.2) is 4.98 Å². The van der Waals surface area contributed by atoms with Crippen molar-refractivity contribution < 1.29 is 14.3 Å². The second-order valence-electron chi connectivity index (χ2n) is 7.73. The lowest BCUT2D eigenvalue weighted by molar-refractivity contribution is -0.131. The Morgan fingerprint density at radius 3 is 2.56 bits per heavy atom. The van der Waals surface area contributed by atoms with E-state index in [2.05, 4.69) is 0 Å². The van der Waals surface area contributed by atoms with Crippen LogP contribution in [0.2, 0.25) is 5.02 Å². The molecular weight excluding hydrogens is 446 g/mol. The van der Waals surface area contributed by atoms with E-state index in [0.29, 0.717) is 30.3 Å². The molecule has 0 aliphatic carbocycles. The Labute approximate surface area is 195 Å². The molecular formula is C24H22ClN3O3S. The number of methoxy groups -OCH3 is 2. The first-order chi connectivity index (χ1) is 15.6. The molecule has 0 unspecified atom stereocenters. The van der Waals surface area contributed by atoms with Crippen molar-refractivity contribution in [1.29, 1.82) is 0 Å². The van der Waals surface area contributed by atoms with Gasteiger partial charge >= 0.3 is 0 Å². The molecule has 1 aliphatic heterocycles. The van der Waals surface area contributed by atoms with Crippen LogP contribution < -0.4 is 9.47 Å². The Morgan fingerprint density at radius 1 is 1.12 bits per heavy atom. The summed E-state index contributed by atoms with van der Waals surface area (Å²) < 4.78 is 12.9. The van der Waals surface area contributed by atoms with Gasteiger partial charge in [-0.1, -0.05) is 23.7 Å². The van der Waals surface area contributed by atoms with Crippen molar-refractivity contribution in [1.82, 2.24) is 14.3 Å². The number of hydrogen-bond acceptors (Lipinski definition) is 5. The van der Waals surface area contributed by atoms with Gasteiger partial charge in [0.2, 0.25) is 5.91 Å². The minimum Gasteiger partial charge on any atom is -0.493 e. The van der Waals surface area contributed by atoms with Gasteiger partial charge in [-0.2, -0.15) is 0 Å². The van der Waals surface area contributed by atoms with Gasteiger partial charge in [0.1, 0.15) is 0 Å².